The lowest BCUT2D eigenvalue weighted by Crippen LogP contribution is -2.49. The van der Waals surface area contributed by atoms with Crippen molar-refractivity contribution in [3.8, 4) is 0 Å². The fraction of sp³-hybridized carbons (Fsp3) is 0.632. The van der Waals surface area contributed by atoms with Crippen molar-refractivity contribution in [3.05, 3.63) is 35.4 Å². The quantitative estimate of drug-likeness (QED) is 0.875. The van der Waals surface area contributed by atoms with Gasteiger partial charge in [-0.3, -0.25) is 9.69 Å². The minimum atomic E-state index is -0.750. The molecule has 1 atom stereocenters. The summed E-state index contributed by atoms with van der Waals surface area (Å²) in [6, 6.07) is 7.55. The molecule has 4 nitrogen and oxygen atoms in total. The van der Waals surface area contributed by atoms with Gasteiger partial charge in [-0.05, 0) is 23.0 Å². The van der Waals surface area contributed by atoms with Crippen molar-refractivity contribution < 1.29 is 9.90 Å². The van der Waals surface area contributed by atoms with Gasteiger partial charge in [-0.15, -0.1) is 0 Å². The first-order valence-corrected chi connectivity index (χ1v) is 8.67. The maximum absolute atomic E-state index is 11.8. The number of carboxylic acid groups (broad SMARTS) is 1. The molecule has 0 spiro atoms. The number of aliphatic carboxylic acids is 1. The van der Waals surface area contributed by atoms with E-state index < -0.39 is 12.0 Å². The van der Waals surface area contributed by atoms with Gasteiger partial charge in [-0.25, -0.2) is 0 Å². The Kier molecular flexibility index (Phi) is 6.19. The Hall–Kier alpha value is -1.39. The van der Waals surface area contributed by atoms with Crippen molar-refractivity contribution in [2.75, 3.05) is 32.7 Å². The van der Waals surface area contributed by atoms with Crippen LogP contribution in [0.25, 0.3) is 0 Å². The standard InChI is InChI=1S/C19H30N2O2/c1-14(2)13-20-9-11-21(12-10-20)18(19(22)23)17-7-5-16(6-8-17)15(3)4/h5-8,14-15,18H,9-13H2,1-4H3,(H,22,23). The highest BCUT2D eigenvalue weighted by atomic mass is 16.4. The molecule has 1 N–H and O–H groups in total. The lowest BCUT2D eigenvalue weighted by molar-refractivity contribution is -0.144. The zero-order chi connectivity index (χ0) is 17.0. The van der Waals surface area contributed by atoms with Crippen LogP contribution in [0.4, 0.5) is 0 Å². The van der Waals surface area contributed by atoms with Gasteiger partial charge in [0.1, 0.15) is 6.04 Å². The molecule has 1 aromatic rings. The Morgan fingerprint density at radius 1 is 1.00 bits per heavy atom. The molecule has 23 heavy (non-hydrogen) atoms. The highest BCUT2D eigenvalue weighted by Gasteiger charge is 2.30. The molecule has 0 amide bonds. The van der Waals surface area contributed by atoms with Gasteiger partial charge < -0.3 is 10.0 Å². The molecule has 0 aliphatic carbocycles. The molecule has 1 heterocycles. The molecule has 2 rings (SSSR count). The molecule has 1 aliphatic heterocycles. The van der Waals surface area contributed by atoms with E-state index in [1.165, 1.54) is 5.56 Å². The normalized spacial score (nSPS) is 18.5. The molecule has 1 saturated heterocycles. The van der Waals surface area contributed by atoms with Crippen LogP contribution in [-0.4, -0.2) is 53.6 Å². The van der Waals surface area contributed by atoms with E-state index >= 15 is 0 Å². The molecule has 1 aliphatic rings. The third kappa shape index (κ3) is 4.79. The monoisotopic (exact) mass is 318 g/mol. The predicted octanol–water partition coefficient (Wildman–Crippen LogP) is 3.21. The van der Waals surface area contributed by atoms with Gasteiger partial charge in [0.2, 0.25) is 0 Å². The van der Waals surface area contributed by atoms with Crippen LogP contribution < -0.4 is 0 Å². The minimum absolute atomic E-state index is 0.465. The van der Waals surface area contributed by atoms with Crippen LogP contribution in [0.3, 0.4) is 0 Å². The highest BCUT2D eigenvalue weighted by molar-refractivity contribution is 5.75. The van der Waals surface area contributed by atoms with E-state index in [1.54, 1.807) is 0 Å². The molecule has 0 saturated carbocycles. The van der Waals surface area contributed by atoms with Crippen LogP contribution >= 0.6 is 0 Å². The average molecular weight is 318 g/mol. The van der Waals surface area contributed by atoms with Crippen LogP contribution in [0.5, 0.6) is 0 Å². The van der Waals surface area contributed by atoms with E-state index in [0.29, 0.717) is 11.8 Å². The number of hydrogen-bond acceptors (Lipinski definition) is 3. The zero-order valence-electron chi connectivity index (χ0n) is 14.8. The Bertz CT molecular complexity index is 503. The number of rotatable bonds is 6. The largest absolute Gasteiger partial charge is 0.480 e. The van der Waals surface area contributed by atoms with Gasteiger partial charge in [-0.2, -0.15) is 0 Å². The van der Waals surface area contributed by atoms with E-state index in [-0.39, 0.29) is 0 Å². The lowest BCUT2D eigenvalue weighted by Gasteiger charge is -2.38. The molecular weight excluding hydrogens is 288 g/mol. The summed E-state index contributed by atoms with van der Waals surface area (Å²) in [7, 11) is 0. The van der Waals surface area contributed by atoms with E-state index in [9.17, 15) is 9.90 Å². The second kappa shape index (κ2) is 7.93. The summed E-state index contributed by atoms with van der Waals surface area (Å²) < 4.78 is 0. The summed E-state index contributed by atoms with van der Waals surface area (Å²) in [4.78, 5) is 16.4. The Morgan fingerprint density at radius 3 is 1.96 bits per heavy atom. The predicted molar refractivity (Wildman–Crippen MR) is 93.8 cm³/mol. The molecule has 0 radical (unpaired) electrons. The van der Waals surface area contributed by atoms with Gasteiger partial charge in [-0.1, -0.05) is 52.0 Å². The molecule has 1 unspecified atom stereocenters. The van der Waals surface area contributed by atoms with Crippen LogP contribution in [0.2, 0.25) is 0 Å². The van der Waals surface area contributed by atoms with Crippen molar-refractivity contribution >= 4 is 5.97 Å². The third-order valence-electron chi connectivity index (χ3n) is 4.55. The van der Waals surface area contributed by atoms with Gasteiger partial charge in [0.25, 0.3) is 0 Å². The van der Waals surface area contributed by atoms with E-state index in [2.05, 4.69) is 49.6 Å². The number of piperazine rings is 1. The number of carbonyl (C=O) groups is 1. The molecule has 128 valence electrons. The number of hydrogen-bond donors (Lipinski definition) is 1. The molecular formula is C19H30N2O2. The van der Waals surface area contributed by atoms with Gasteiger partial charge >= 0.3 is 5.97 Å². The Labute approximate surface area is 140 Å². The number of nitrogens with zero attached hydrogens (tertiary/aromatic N) is 2. The summed E-state index contributed by atoms with van der Waals surface area (Å²) in [6.07, 6.45) is 0. The number of benzene rings is 1. The molecule has 0 bridgehead atoms. The summed E-state index contributed by atoms with van der Waals surface area (Å²) in [6.45, 7) is 13.4. The van der Waals surface area contributed by atoms with Crippen molar-refractivity contribution in [1.29, 1.82) is 0 Å². The summed E-state index contributed by atoms with van der Waals surface area (Å²) in [5.41, 5.74) is 2.14. The number of carboxylic acids is 1. The zero-order valence-corrected chi connectivity index (χ0v) is 14.8. The van der Waals surface area contributed by atoms with Crippen LogP contribution in [0, 0.1) is 5.92 Å². The van der Waals surface area contributed by atoms with E-state index in [0.717, 1.165) is 38.3 Å². The second-order valence-electron chi connectivity index (χ2n) is 7.29. The fourth-order valence-corrected chi connectivity index (χ4v) is 3.29. The highest BCUT2D eigenvalue weighted by Crippen LogP contribution is 2.25. The van der Waals surface area contributed by atoms with Gasteiger partial charge in [0.15, 0.2) is 0 Å². The Balaban J connectivity index is 2.06. The molecule has 1 fully saturated rings. The van der Waals surface area contributed by atoms with E-state index in [4.69, 9.17) is 0 Å². The smallest absolute Gasteiger partial charge is 0.325 e. The third-order valence-corrected chi connectivity index (χ3v) is 4.55. The van der Waals surface area contributed by atoms with Crippen molar-refractivity contribution in [2.45, 2.75) is 39.7 Å². The van der Waals surface area contributed by atoms with Crippen molar-refractivity contribution in [1.82, 2.24) is 9.80 Å². The topological polar surface area (TPSA) is 43.8 Å². The molecule has 1 aromatic carbocycles. The Morgan fingerprint density at radius 2 is 1.52 bits per heavy atom. The van der Waals surface area contributed by atoms with Gasteiger partial charge in [0, 0.05) is 32.7 Å². The maximum Gasteiger partial charge on any atom is 0.325 e. The van der Waals surface area contributed by atoms with Gasteiger partial charge in [0.05, 0.1) is 0 Å². The summed E-state index contributed by atoms with van der Waals surface area (Å²) in [5.74, 6) is 0.368. The fourth-order valence-electron chi connectivity index (χ4n) is 3.29. The lowest BCUT2D eigenvalue weighted by atomic mass is 9.98. The van der Waals surface area contributed by atoms with E-state index in [1.807, 2.05) is 12.1 Å². The van der Waals surface area contributed by atoms with Crippen molar-refractivity contribution in [3.63, 3.8) is 0 Å². The first-order valence-electron chi connectivity index (χ1n) is 8.67. The summed E-state index contributed by atoms with van der Waals surface area (Å²) >= 11 is 0. The first kappa shape index (κ1) is 18.0. The maximum atomic E-state index is 11.8. The second-order valence-corrected chi connectivity index (χ2v) is 7.29. The van der Waals surface area contributed by atoms with Crippen LogP contribution in [0.1, 0.15) is 50.8 Å². The van der Waals surface area contributed by atoms with Crippen LogP contribution in [0.15, 0.2) is 24.3 Å². The SMILES string of the molecule is CC(C)CN1CCN(C(C(=O)O)c2ccc(C(C)C)cc2)CC1. The average Bonchev–Trinajstić information content (AvgIpc) is 2.49. The minimum Gasteiger partial charge on any atom is -0.480 e. The van der Waals surface area contributed by atoms with Crippen LogP contribution in [-0.2, 0) is 4.79 Å². The first-order chi connectivity index (χ1) is 10.9. The summed E-state index contributed by atoms with van der Waals surface area (Å²) in [5, 5.41) is 9.71. The molecule has 4 heteroatoms. The van der Waals surface area contributed by atoms with Crippen molar-refractivity contribution in [2.24, 2.45) is 5.92 Å². The molecule has 0 aromatic heterocycles.